The number of imidazole rings is 1. The van der Waals surface area contributed by atoms with Gasteiger partial charge < -0.3 is 4.57 Å². The summed E-state index contributed by atoms with van der Waals surface area (Å²) < 4.78 is 4.13. The Hall–Kier alpha value is -2.86. The Bertz CT molecular complexity index is 1130. The number of aryl methyl sites for hydroxylation is 2. The van der Waals surface area contributed by atoms with Crippen LogP contribution in [-0.4, -0.2) is 18.7 Å². The molecular weight excluding hydrogens is 340 g/mol. The summed E-state index contributed by atoms with van der Waals surface area (Å²) in [5.74, 6) is 0.587. The van der Waals surface area contributed by atoms with Crippen LogP contribution in [0.2, 0.25) is 5.02 Å². The summed E-state index contributed by atoms with van der Waals surface area (Å²) in [5, 5.41) is 0.679. The van der Waals surface area contributed by atoms with Crippen LogP contribution in [-0.2, 0) is 21.1 Å². The van der Waals surface area contributed by atoms with Gasteiger partial charge in [-0.15, -0.1) is 0 Å². The third-order valence-corrected chi connectivity index (χ3v) is 4.24. The number of halogens is 1. The van der Waals surface area contributed by atoms with Crippen molar-refractivity contribution < 1.29 is 0 Å². The lowest BCUT2D eigenvalue weighted by Crippen LogP contribution is -2.37. The van der Waals surface area contributed by atoms with Gasteiger partial charge in [-0.05, 0) is 23.8 Å². The first-order valence-electron chi connectivity index (χ1n) is 7.63. The molecule has 7 heteroatoms. The second kappa shape index (κ2) is 6.57. The number of aromatic nitrogens is 4. The van der Waals surface area contributed by atoms with Crippen molar-refractivity contribution in [3.05, 3.63) is 73.7 Å². The van der Waals surface area contributed by atoms with Crippen LogP contribution in [0, 0.1) is 0 Å². The van der Waals surface area contributed by atoms with E-state index in [1.54, 1.807) is 24.7 Å². The van der Waals surface area contributed by atoms with Gasteiger partial charge in [0.25, 0.3) is 5.56 Å². The van der Waals surface area contributed by atoms with Crippen LogP contribution >= 0.6 is 11.6 Å². The van der Waals surface area contributed by atoms with Crippen LogP contribution in [0.15, 0.2) is 46.0 Å². The van der Waals surface area contributed by atoms with Crippen molar-refractivity contribution in [1.29, 1.82) is 0 Å². The highest BCUT2D eigenvalue weighted by Gasteiger charge is 2.15. The van der Waals surface area contributed by atoms with Gasteiger partial charge in [0.05, 0.1) is 0 Å². The molecule has 0 amide bonds. The number of fused-ring (bicyclic) bond motifs is 1. The van der Waals surface area contributed by atoms with Gasteiger partial charge >= 0.3 is 5.69 Å². The minimum atomic E-state index is -0.396. The average molecular weight is 357 g/mol. The Kier molecular flexibility index (Phi) is 4.46. The van der Waals surface area contributed by atoms with E-state index in [1.165, 1.54) is 11.6 Å². The highest BCUT2D eigenvalue weighted by molar-refractivity contribution is 6.30. The van der Waals surface area contributed by atoms with E-state index in [1.807, 2.05) is 42.5 Å². The highest BCUT2D eigenvalue weighted by atomic mass is 35.5. The van der Waals surface area contributed by atoms with Gasteiger partial charge in [0, 0.05) is 26.2 Å². The molecule has 3 aromatic rings. The molecule has 6 nitrogen and oxygen atoms in total. The van der Waals surface area contributed by atoms with E-state index in [0.29, 0.717) is 22.0 Å². The Morgan fingerprint density at radius 3 is 2.44 bits per heavy atom. The molecular formula is C18H17ClN4O2. The molecule has 0 aliphatic heterocycles. The predicted molar refractivity (Wildman–Crippen MR) is 101 cm³/mol. The molecule has 0 radical (unpaired) electrons. The monoisotopic (exact) mass is 356 g/mol. The Labute approximate surface area is 148 Å². The van der Waals surface area contributed by atoms with Crippen molar-refractivity contribution >= 4 is 34.9 Å². The van der Waals surface area contributed by atoms with E-state index in [9.17, 15) is 9.59 Å². The molecule has 0 bridgehead atoms. The topological polar surface area (TPSA) is 61.8 Å². The van der Waals surface area contributed by atoms with E-state index < -0.39 is 5.69 Å². The van der Waals surface area contributed by atoms with Gasteiger partial charge in [-0.3, -0.25) is 13.9 Å². The van der Waals surface area contributed by atoms with Crippen LogP contribution in [0.5, 0.6) is 0 Å². The smallest absolute Gasteiger partial charge is 0.322 e. The van der Waals surface area contributed by atoms with E-state index >= 15 is 0 Å². The first kappa shape index (κ1) is 17.0. The maximum atomic E-state index is 12.3. The Morgan fingerprint density at radius 2 is 1.72 bits per heavy atom. The van der Waals surface area contributed by atoms with Crippen LogP contribution in [0.1, 0.15) is 11.4 Å². The maximum absolute atomic E-state index is 12.3. The molecule has 0 saturated carbocycles. The normalized spacial score (nSPS) is 12.0. The number of allylic oxidation sites excluding steroid dienone is 2. The number of hydrogen-bond donors (Lipinski definition) is 0. The molecule has 0 aliphatic carbocycles. The molecule has 0 spiro atoms. The van der Waals surface area contributed by atoms with Crippen LogP contribution < -0.4 is 11.2 Å². The van der Waals surface area contributed by atoms with Crippen molar-refractivity contribution in [1.82, 2.24) is 18.7 Å². The largest absolute Gasteiger partial charge is 0.332 e. The summed E-state index contributed by atoms with van der Waals surface area (Å²) >= 11 is 5.95. The molecule has 0 unspecified atom stereocenters. The van der Waals surface area contributed by atoms with E-state index in [4.69, 9.17) is 11.6 Å². The van der Waals surface area contributed by atoms with E-state index in [0.717, 1.165) is 10.1 Å². The third kappa shape index (κ3) is 3.08. The minimum absolute atomic E-state index is 0.359. The highest BCUT2D eigenvalue weighted by Crippen LogP contribution is 2.13. The fourth-order valence-electron chi connectivity index (χ4n) is 2.60. The predicted octanol–water partition coefficient (Wildman–Crippen LogP) is 2.35. The standard InChI is InChI=1S/C18H17ClN4O2/c1-21-14(10-5-4-7-12-8-6-9-13(19)11-12)20-16-15(21)17(24)23(3)18(25)22(16)2/h4-11H,1-3H3. The second-order valence-electron chi connectivity index (χ2n) is 5.68. The van der Waals surface area contributed by atoms with Gasteiger partial charge in [-0.2, -0.15) is 0 Å². The Morgan fingerprint density at radius 1 is 1.00 bits per heavy atom. The lowest BCUT2D eigenvalue weighted by atomic mass is 10.2. The molecule has 128 valence electrons. The Balaban J connectivity index is 1.99. The van der Waals surface area contributed by atoms with Crippen molar-refractivity contribution in [2.45, 2.75) is 0 Å². The van der Waals surface area contributed by atoms with Crippen molar-refractivity contribution in [3.63, 3.8) is 0 Å². The van der Waals surface area contributed by atoms with Crippen LogP contribution in [0.25, 0.3) is 23.3 Å². The van der Waals surface area contributed by atoms with Crippen molar-refractivity contribution in [2.24, 2.45) is 21.1 Å². The number of nitrogens with zero attached hydrogens (tertiary/aromatic N) is 4. The van der Waals surface area contributed by atoms with Gasteiger partial charge in [0.15, 0.2) is 11.2 Å². The van der Waals surface area contributed by atoms with E-state index in [2.05, 4.69) is 4.98 Å². The van der Waals surface area contributed by atoms with Crippen molar-refractivity contribution in [3.8, 4) is 0 Å². The van der Waals surface area contributed by atoms with Gasteiger partial charge in [-0.25, -0.2) is 9.78 Å². The second-order valence-corrected chi connectivity index (χ2v) is 6.12. The summed E-state index contributed by atoms with van der Waals surface area (Å²) in [7, 11) is 4.81. The molecule has 2 aromatic heterocycles. The quantitative estimate of drug-likeness (QED) is 0.677. The first-order chi connectivity index (χ1) is 11.9. The zero-order valence-electron chi connectivity index (χ0n) is 14.1. The first-order valence-corrected chi connectivity index (χ1v) is 8.00. The summed E-state index contributed by atoms with van der Waals surface area (Å²) in [6, 6.07) is 7.51. The summed E-state index contributed by atoms with van der Waals surface area (Å²) in [4.78, 5) is 28.7. The molecule has 0 aliphatic rings. The molecule has 3 rings (SSSR count). The zero-order valence-corrected chi connectivity index (χ0v) is 14.9. The van der Waals surface area contributed by atoms with Gasteiger partial charge in [0.1, 0.15) is 5.82 Å². The lowest BCUT2D eigenvalue weighted by Gasteiger charge is -2.02. The number of hydrogen-bond acceptors (Lipinski definition) is 3. The fraction of sp³-hybridized carbons (Fsp3) is 0.167. The number of rotatable bonds is 3. The maximum Gasteiger partial charge on any atom is 0.332 e. The SMILES string of the molecule is Cn1c(=O)c2c(nc(C=CC=Cc3cccc(Cl)c3)n2C)n(C)c1=O. The third-order valence-electron chi connectivity index (χ3n) is 4.00. The average Bonchev–Trinajstić information content (AvgIpc) is 2.92. The van der Waals surface area contributed by atoms with Crippen LogP contribution in [0.3, 0.4) is 0 Å². The van der Waals surface area contributed by atoms with Gasteiger partial charge in [0.2, 0.25) is 0 Å². The zero-order chi connectivity index (χ0) is 18.1. The summed E-state index contributed by atoms with van der Waals surface area (Å²) in [6.07, 6.45) is 7.39. The molecule has 1 aromatic carbocycles. The molecule has 0 fully saturated rings. The lowest BCUT2D eigenvalue weighted by molar-refractivity contribution is 0.705. The fourth-order valence-corrected chi connectivity index (χ4v) is 2.80. The summed E-state index contributed by atoms with van der Waals surface area (Å²) in [6.45, 7) is 0. The molecule has 0 N–H and O–H groups in total. The summed E-state index contributed by atoms with van der Waals surface area (Å²) in [5.41, 5.74) is 0.991. The van der Waals surface area contributed by atoms with Crippen molar-refractivity contribution in [2.75, 3.05) is 0 Å². The van der Waals surface area contributed by atoms with Gasteiger partial charge in [-0.1, -0.05) is 42.0 Å². The molecule has 0 atom stereocenters. The number of benzene rings is 1. The van der Waals surface area contributed by atoms with Crippen LogP contribution in [0.4, 0.5) is 0 Å². The molecule has 0 saturated heterocycles. The molecule has 2 heterocycles. The van der Waals surface area contributed by atoms with E-state index in [-0.39, 0.29) is 5.56 Å². The minimum Gasteiger partial charge on any atom is -0.322 e. The molecule has 25 heavy (non-hydrogen) atoms.